The maximum atomic E-state index is 9.23. The molecule has 1 rings (SSSR count). The zero-order chi connectivity index (χ0) is 12.1. The Balaban J connectivity index is 2.66. The van der Waals surface area contributed by atoms with Crippen LogP contribution >= 0.6 is 27.7 Å². The molecule has 1 aromatic rings. The maximum Gasteiger partial charge on any atom is 0.0864 e. The van der Waals surface area contributed by atoms with Crippen molar-refractivity contribution in [2.45, 2.75) is 24.0 Å². The molecular weight excluding hydrogens is 290 g/mol. The van der Waals surface area contributed by atoms with Crippen molar-refractivity contribution in [1.82, 2.24) is 0 Å². The molecule has 0 heterocycles. The molecule has 0 radical (unpaired) electrons. The molecule has 1 aromatic carbocycles. The minimum atomic E-state index is -0.670. The molecule has 2 atom stereocenters. The van der Waals surface area contributed by atoms with E-state index in [0.29, 0.717) is 5.75 Å². The first-order chi connectivity index (χ1) is 7.54. The third-order valence-electron chi connectivity index (χ3n) is 2.12. The van der Waals surface area contributed by atoms with Gasteiger partial charge in [-0.1, -0.05) is 22.0 Å². The third kappa shape index (κ3) is 4.07. The highest BCUT2D eigenvalue weighted by Gasteiger charge is 2.07. The van der Waals surface area contributed by atoms with Gasteiger partial charge in [0, 0.05) is 21.2 Å². The molecule has 0 saturated heterocycles. The number of nitrogens with two attached hydrogens (primary N) is 1. The lowest BCUT2D eigenvalue weighted by atomic mass is 10.1. The lowest BCUT2D eigenvalue weighted by Gasteiger charge is -2.11. The molecule has 3 nitrogen and oxygen atoms in total. The zero-order valence-corrected chi connectivity index (χ0v) is 11.5. The van der Waals surface area contributed by atoms with E-state index in [9.17, 15) is 5.11 Å². The molecule has 0 aliphatic rings. The average molecular weight is 306 g/mol. The Hall–Kier alpha value is -0.0700. The molecule has 0 spiro atoms. The summed E-state index contributed by atoms with van der Waals surface area (Å²) in [5.41, 5.74) is 6.86. The smallest absolute Gasteiger partial charge is 0.0864 e. The molecule has 0 aromatic heterocycles. The first kappa shape index (κ1) is 14.0. The van der Waals surface area contributed by atoms with Crippen molar-refractivity contribution in [3.05, 3.63) is 28.2 Å². The molecular formula is C11H16BrNO2S. The number of aliphatic hydroxyl groups excluding tert-OH is 2. The average Bonchev–Trinajstić information content (AvgIpc) is 2.25. The minimum Gasteiger partial charge on any atom is -0.394 e. The quantitative estimate of drug-likeness (QED) is 0.727. The van der Waals surface area contributed by atoms with Gasteiger partial charge in [0.2, 0.25) is 0 Å². The molecule has 0 fully saturated rings. The van der Waals surface area contributed by atoms with Gasteiger partial charge in [-0.2, -0.15) is 0 Å². The predicted molar refractivity (Wildman–Crippen MR) is 70.6 cm³/mol. The number of halogens is 1. The van der Waals surface area contributed by atoms with E-state index in [2.05, 4.69) is 15.9 Å². The van der Waals surface area contributed by atoms with Crippen LogP contribution in [0.5, 0.6) is 0 Å². The summed E-state index contributed by atoms with van der Waals surface area (Å²) in [5, 5.41) is 17.9. The highest BCUT2D eigenvalue weighted by Crippen LogP contribution is 2.28. The molecule has 0 amide bonds. The van der Waals surface area contributed by atoms with Crippen LogP contribution in [0.1, 0.15) is 18.5 Å². The SMILES string of the molecule is C[C@H](N)c1ccc(SCC(O)CO)cc1Br. The lowest BCUT2D eigenvalue weighted by Crippen LogP contribution is -2.14. The molecule has 0 aliphatic heterocycles. The standard InChI is InChI=1S/C11H16BrNO2S/c1-7(13)10-3-2-9(4-11(10)12)16-6-8(15)5-14/h2-4,7-8,14-15H,5-6,13H2,1H3/t7-,8?/m0/s1. The summed E-state index contributed by atoms with van der Waals surface area (Å²) in [6, 6.07) is 5.92. The third-order valence-corrected chi connectivity index (χ3v) is 3.94. The predicted octanol–water partition coefficient (Wildman–Crippen LogP) is 1.91. The highest BCUT2D eigenvalue weighted by molar-refractivity contribution is 9.10. The number of hydrogen-bond acceptors (Lipinski definition) is 4. The van der Waals surface area contributed by atoms with E-state index in [0.717, 1.165) is 14.9 Å². The summed E-state index contributed by atoms with van der Waals surface area (Å²) in [6.45, 7) is 1.73. The Morgan fingerprint density at radius 1 is 1.50 bits per heavy atom. The van der Waals surface area contributed by atoms with Crippen molar-refractivity contribution in [2.24, 2.45) is 5.73 Å². The molecule has 0 aliphatic carbocycles. The number of benzene rings is 1. The normalized spacial score (nSPS) is 14.8. The van der Waals surface area contributed by atoms with Crippen LogP contribution in [0.4, 0.5) is 0 Å². The topological polar surface area (TPSA) is 66.5 Å². The largest absolute Gasteiger partial charge is 0.394 e. The Bertz CT molecular complexity index is 347. The first-order valence-electron chi connectivity index (χ1n) is 5.01. The van der Waals surface area contributed by atoms with Crippen molar-refractivity contribution in [3.8, 4) is 0 Å². The molecule has 0 saturated carbocycles. The van der Waals surface area contributed by atoms with Gasteiger partial charge in [-0.3, -0.25) is 0 Å². The molecule has 5 heteroatoms. The van der Waals surface area contributed by atoms with Crippen molar-refractivity contribution in [3.63, 3.8) is 0 Å². The summed E-state index contributed by atoms with van der Waals surface area (Å²) >= 11 is 4.97. The Morgan fingerprint density at radius 2 is 2.19 bits per heavy atom. The van der Waals surface area contributed by atoms with Gasteiger partial charge in [0.25, 0.3) is 0 Å². The van der Waals surface area contributed by atoms with Gasteiger partial charge in [-0.05, 0) is 24.6 Å². The van der Waals surface area contributed by atoms with E-state index in [-0.39, 0.29) is 12.6 Å². The van der Waals surface area contributed by atoms with Crippen molar-refractivity contribution < 1.29 is 10.2 Å². The maximum absolute atomic E-state index is 9.23. The Labute approximate surface area is 108 Å². The lowest BCUT2D eigenvalue weighted by molar-refractivity contribution is 0.113. The molecule has 90 valence electrons. The minimum absolute atomic E-state index is 0.00328. The van der Waals surface area contributed by atoms with Gasteiger partial charge >= 0.3 is 0 Å². The van der Waals surface area contributed by atoms with E-state index >= 15 is 0 Å². The van der Waals surface area contributed by atoms with Crippen LogP contribution in [0.3, 0.4) is 0 Å². The summed E-state index contributed by atoms with van der Waals surface area (Å²) < 4.78 is 0.978. The van der Waals surface area contributed by atoms with Gasteiger partial charge in [0.15, 0.2) is 0 Å². The number of rotatable bonds is 5. The van der Waals surface area contributed by atoms with Crippen LogP contribution in [0.2, 0.25) is 0 Å². The second-order valence-electron chi connectivity index (χ2n) is 3.62. The first-order valence-corrected chi connectivity index (χ1v) is 6.79. The summed E-state index contributed by atoms with van der Waals surface area (Å²) in [4.78, 5) is 1.05. The van der Waals surface area contributed by atoms with Crippen LogP contribution < -0.4 is 5.73 Å². The second-order valence-corrected chi connectivity index (χ2v) is 5.57. The molecule has 16 heavy (non-hydrogen) atoms. The number of aliphatic hydroxyl groups is 2. The monoisotopic (exact) mass is 305 g/mol. The van der Waals surface area contributed by atoms with Crippen LogP contribution in [-0.4, -0.2) is 28.7 Å². The Kier molecular flexibility index (Phi) is 5.78. The highest BCUT2D eigenvalue weighted by atomic mass is 79.9. The fourth-order valence-electron chi connectivity index (χ4n) is 1.21. The fourth-order valence-corrected chi connectivity index (χ4v) is 2.96. The fraction of sp³-hybridized carbons (Fsp3) is 0.455. The summed E-state index contributed by atoms with van der Waals surface area (Å²) in [6.07, 6.45) is -0.670. The van der Waals surface area contributed by atoms with E-state index in [4.69, 9.17) is 10.8 Å². The number of hydrogen-bond donors (Lipinski definition) is 3. The van der Waals surface area contributed by atoms with Crippen molar-refractivity contribution in [1.29, 1.82) is 0 Å². The summed E-state index contributed by atoms with van der Waals surface area (Å²) in [7, 11) is 0. The van der Waals surface area contributed by atoms with Gasteiger partial charge in [0.05, 0.1) is 12.7 Å². The van der Waals surface area contributed by atoms with E-state index in [1.165, 1.54) is 11.8 Å². The molecule has 1 unspecified atom stereocenters. The van der Waals surface area contributed by atoms with E-state index < -0.39 is 6.10 Å². The zero-order valence-electron chi connectivity index (χ0n) is 9.06. The van der Waals surface area contributed by atoms with Crippen LogP contribution in [0, 0.1) is 0 Å². The van der Waals surface area contributed by atoms with Gasteiger partial charge in [0.1, 0.15) is 0 Å². The van der Waals surface area contributed by atoms with Gasteiger partial charge in [-0.25, -0.2) is 0 Å². The summed E-state index contributed by atoms with van der Waals surface area (Å²) in [5.74, 6) is 0.487. The van der Waals surface area contributed by atoms with Crippen LogP contribution in [0.15, 0.2) is 27.6 Å². The molecule has 4 N–H and O–H groups in total. The second kappa shape index (κ2) is 6.61. The van der Waals surface area contributed by atoms with Crippen molar-refractivity contribution >= 4 is 27.7 Å². The van der Waals surface area contributed by atoms with E-state index in [1.54, 1.807) is 0 Å². The van der Waals surface area contributed by atoms with Gasteiger partial charge in [-0.15, -0.1) is 11.8 Å². The molecule has 0 bridgehead atoms. The van der Waals surface area contributed by atoms with Gasteiger partial charge < -0.3 is 15.9 Å². The number of thioether (sulfide) groups is 1. The Morgan fingerprint density at radius 3 is 2.69 bits per heavy atom. The van der Waals surface area contributed by atoms with Crippen LogP contribution in [0.25, 0.3) is 0 Å². The van der Waals surface area contributed by atoms with Crippen molar-refractivity contribution in [2.75, 3.05) is 12.4 Å². The van der Waals surface area contributed by atoms with E-state index in [1.807, 2.05) is 25.1 Å². The van der Waals surface area contributed by atoms with Crippen LogP contribution in [-0.2, 0) is 0 Å².